The Hall–Kier alpha value is -2.61. The highest BCUT2D eigenvalue weighted by molar-refractivity contribution is 5.96. The van der Waals surface area contributed by atoms with Gasteiger partial charge in [-0.3, -0.25) is 14.9 Å². The van der Waals surface area contributed by atoms with Crippen LogP contribution >= 0.6 is 0 Å². The molecule has 0 radical (unpaired) electrons. The molecule has 1 aromatic heterocycles. The van der Waals surface area contributed by atoms with Crippen molar-refractivity contribution in [2.24, 2.45) is 5.92 Å². The summed E-state index contributed by atoms with van der Waals surface area (Å²) < 4.78 is 28.7. The van der Waals surface area contributed by atoms with Crippen LogP contribution in [0.25, 0.3) is 0 Å². The lowest BCUT2D eigenvalue weighted by atomic mass is 9.85. The number of anilines is 1. The highest BCUT2D eigenvalue weighted by Gasteiger charge is 2.26. The van der Waals surface area contributed by atoms with Crippen molar-refractivity contribution in [1.29, 1.82) is 0 Å². The lowest BCUT2D eigenvalue weighted by Crippen LogP contribution is -2.43. The Kier molecular flexibility index (Phi) is 6.22. The first kappa shape index (κ1) is 20.7. The van der Waals surface area contributed by atoms with Crippen LogP contribution in [0.2, 0.25) is 0 Å². The smallest absolute Gasteiger partial charge is 0.260 e. The number of carbonyl (C=O) groups excluding carboxylic acids is 2. The summed E-state index contributed by atoms with van der Waals surface area (Å²) in [6, 6.07) is 1.30. The normalized spacial score (nSPS) is 19.8. The molecule has 1 fully saturated rings. The van der Waals surface area contributed by atoms with E-state index in [1.54, 1.807) is 12.4 Å². The molecule has 8 heteroatoms. The van der Waals surface area contributed by atoms with Crippen molar-refractivity contribution < 1.29 is 18.4 Å². The fourth-order valence-electron chi connectivity index (χ4n) is 4.42. The molecule has 1 aliphatic heterocycles. The summed E-state index contributed by atoms with van der Waals surface area (Å²) in [5, 5.41) is 9.61. The molecule has 30 heavy (non-hydrogen) atoms. The van der Waals surface area contributed by atoms with E-state index in [9.17, 15) is 18.4 Å². The standard InChI is InChI=1S/C22H26F2N4O2/c23-17-9-16-6-7-19(22(30)27-21(16)18(24)10-17)25-12-20(29)28-13-15(11-26-28)8-14-4-2-1-3-5-14/h9-11,13-14,19,25H,1-8,12H2,(H,27,30). The molecule has 2 N–H and O–H groups in total. The van der Waals surface area contributed by atoms with Gasteiger partial charge < -0.3 is 5.32 Å². The third-order valence-electron chi connectivity index (χ3n) is 6.04. The van der Waals surface area contributed by atoms with Crippen LogP contribution in [0.1, 0.15) is 54.4 Å². The maximum Gasteiger partial charge on any atom is 0.260 e. The minimum atomic E-state index is -0.794. The Labute approximate surface area is 174 Å². The monoisotopic (exact) mass is 416 g/mol. The number of benzene rings is 1. The zero-order valence-corrected chi connectivity index (χ0v) is 16.8. The van der Waals surface area contributed by atoms with Crippen LogP contribution in [-0.4, -0.2) is 34.2 Å². The summed E-state index contributed by atoms with van der Waals surface area (Å²) in [4.78, 5) is 24.9. The number of amides is 1. The molecule has 6 nitrogen and oxygen atoms in total. The molecule has 0 bridgehead atoms. The quantitative estimate of drug-likeness (QED) is 0.783. The van der Waals surface area contributed by atoms with E-state index in [2.05, 4.69) is 15.7 Å². The van der Waals surface area contributed by atoms with Gasteiger partial charge in [-0.15, -0.1) is 0 Å². The molecule has 2 aliphatic rings. The Morgan fingerprint density at radius 1 is 1.20 bits per heavy atom. The van der Waals surface area contributed by atoms with E-state index in [-0.39, 0.29) is 18.1 Å². The van der Waals surface area contributed by atoms with Gasteiger partial charge in [0.25, 0.3) is 5.91 Å². The highest BCUT2D eigenvalue weighted by Crippen LogP contribution is 2.27. The molecule has 160 valence electrons. The van der Waals surface area contributed by atoms with Crippen LogP contribution in [0.5, 0.6) is 0 Å². The fourth-order valence-corrected chi connectivity index (χ4v) is 4.42. The van der Waals surface area contributed by atoms with Crippen LogP contribution < -0.4 is 10.6 Å². The maximum absolute atomic E-state index is 14.0. The summed E-state index contributed by atoms with van der Waals surface area (Å²) in [5.74, 6) is -1.52. The van der Waals surface area contributed by atoms with Crippen LogP contribution in [0.4, 0.5) is 14.5 Å². The molecular weight excluding hydrogens is 390 g/mol. The summed E-state index contributed by atoms with van der Waals surface area (Å²) >= 11 is 0. The molecule has 0 spiro atoms. The first-order valence-electron chi connectivity index (χ1n) is 10.6. The summed E-state index contributed by atoms with van der Waals surface area (Å²) in [7, 11) is 0. The first-order chi connectivity index (χ1) is 14.5. The van der Waals surface area contributed by atoms with Crippen LogP contribution in [-0.2, 0) is 17.6 Å². The third-order valence-corrected chi connectivity index (χ3v) is 6.04. The Morgan fingerprint density at radius 3 is 2.80 bits per heavy atom. The van der Waals surface area contributed by atoms with Gasteiger partial charge in [0.15, 0.2) is 0 Å². The molecule has 1 aromatic carbocycles. The number of halogens is 2. The second-order valence-electron chi connectivity index (χ2n) is 8.28. The topological polar surface area (TPSA) is 76.0 Å². The van der Waals surface area contributed by atoms with Crippen molar-refractivity contribution in [3.05, 3.63) is 47.3 Å². The molecule has 1 saturated carbocycles. The molecule has 0 saturated heterocycles. The predicted molar refractivity (Wildman–Crippen MR) is 108 cm³/mol. The number of nitrogens with one attached hydrogen (secondary N) is 2. The van der Waals surface area contributed by atoms with Crippen molar-refractivity contribution in [3.63, 3.8) is 0 Å². The third kappa shape index (κ3) is 4.75. The van der Waals surface area contributed by atoms with E-state index in [0.29, 0.717) is 24.3 Å². The van der Waals surface area contributed by atoms with Crippen molar-refractivity contribution in [2.45, 2.75) is 57.4 Å². The van der Waals surface area contributed by atoms with E-state index in [0.717, 1.165) is 18.1 Å². The number of fused-ring (bicyclic) bond motifs is 1. The number of hydrogen-bond acceptors (Lipinski definition) is 4. The van der Waals surface area contributed by atoms with Crippen molar-refractivity contribution in [2.75, 3.05) is 11.9 Å². The van der Waals surface area contributed by atoms with E-state index >= 15 is 0 Å². The number of hydrogen-bond donors (Lipinski definition) is 2. The van der Waals surface area contributed by atoms with E-state index in [1.807, 2.05) is 0 Å². The lowest BCUT2D eigenvalue weighted by Gasteiger charge is -2.20. The highest BCUT2D eigenvalue weighted by atomic mass is 19.1. The zero-order valence-electron chi connectivity index (χ0n) is 16.8. The van der Waals surface area contributed by atoms with Crippen molar-refractivity contribution >= 4 is 17.5 Å². The predicted octanol–water partition coefficient (Wildman–Crippen LogP) is 3.47. The average molecular weight is 416 g/mol. The van der Waals surface area contributed by atoms with E-state index < -0.39 is 23.6 Å². The molecule has 1 aliphatic carbocycles. The zero-order chi connectivity index (χ0) is 21.1. The minimum Gasteiger partial charge on any atom is -0.322 e. The number of rotatable bonds is 5. The van der Waals surface area contributed by atoms with Crippen LogP contribution in [0, 0.1) is 17.6 Å². The maximum atomic E-state index is 14.0. The molecular formula is C22H26F2N4O2. The van der Waals surface area contributed by atoms with Gasteiger partial charge in [0, 0.05) is 12.3 Å². The molecule has 4 rings (SSSR count). The number of aromatic nitrogens is 2. The van der Waals surface area contributed by atoms with Gasteiger partial charge >= 0.3 is 0 Å². The Bertz CT molecular complexity index is 937. The molecule has 1 atom stereocenters. The van der Waals surface area contributed by atoms with Gasteiger partial charge in [-0.05, 0) is 42.4 Å². The molecule has 1 amide bonds. The van der Waals surface area contributed by atoms with E-state index in [4.69, 9.17) is 0 Å². The number of nitrogens with zero attached hydrogens (tertiary/aromatic N) is 2. The SMILES string of the molecule is O=C1Nc2c(F)cc(F)cc2CCC1NCC(=O)n1cc(CC2CCCCC2)cn1. The summed E-state index contributed by atoms with van der Waals surface area (Å²) in [6.45, 7) is -0.0736. The first-order valence-corrected chi connectivity index (χ1v) is 10.6. The Balaban J connectivity index is 1.33. The summed E-state index contributed by atoms with van der Waals surface area (Å²) in [6.07, 6.45) is 11.4. The van der Waals surface area contributed by atoms with Crippen LogP contribution in [0.3, 0.4) is 0 Å². The van der Waals surface area contributed by atoms with Crippen molar-refractivity contribution in [3.8, 4) is 0 Å². The lowest BCUT2D eigenvalue weighted by molar-refractivity contribution is -0.118. The van der Waals surface area contributed by atoms with Crippen LogP contribution in [0.15, 0.2) is 24.5 Å². The Morgan fingerprint density at radius 2 is 2.00 bits per heavy atom. The van der Waals surface area contributed by atoms with Gasteiger partial charge in [0.1, 0.15) is 11.6 Å². The van der Waals surface area contributed by atoms with Crippen molar-refractivity contribution in [1.82, 2.24) is 15.1 Å². The molecule has 2 aromatic rings. The number of aryl methyl sites for hydroxylation is 1. The minimum absolute atomic E-state index is 0.0106. The second kappa shape index (κ2) is 9.04. The number of carbonyl (C=O) groups is 2. The summed E-state index contributed by atoms with van der Waals surface area (Å²) in [5.41, 5.74) is 1.47. The molecule has 2 heterocycles. The van der Waals surface area contributed by atoms with E-state index in [1.165, 1.54) is 42.9 Å². The fraction of sp³-hybridized carbons (Fsp3) is 0.500. The van der Waals surface area contributed by atoms with Gasteiger partial charge in [-0.25, -0.2) is 13.5 Å². The molecule has 1 unspecified atom stereocenters. The van der Waals surface area contributed by atoms with Gasteiger partial charge in [0.2, 0.25) is 5.91 Å². The van der Waals surface area contributed by atoms with Gasteiger partial charge in [-0.2, -0.15) is 5.10 Å². The average Bonchev–Trinajstić information content (AvgIpc) is 3.12. The largest absolute Gasteiger partial charge is 0.322 e. The van der Waals surface area contributed by atoms with Gasteiger partial charge in [0.05, 0.1) is 24.5 Å². The second-order valence-corrected chi connectivity index (χ2v) is 8.28. The van der Waals surface area contributed by atoms with Gasteiger partial charge in [-0.1, -0.05) is 32.1 Å².